The highest BCUT2D eigenvalue weighted by atomic mass is 31.1. The Hall–Kier alpha value is -7.13. The Morgan fingerprint density at radius 3 is 1.04 bits per heavy atom. The molecule has 0 amide bonds. The summed E-state index contributed by atoms with van der Waals surface area (Å²) >= 11 is 0. The highest BCUT2D eigenvalue weighted by Crippen LogP contribution is 2.39. The van der Waals surface area contributed by atoms with Gasteiger partial charge in [-0.25, -0.2) is 9.97 Å². The fourth-order valence-corrected chi connectivity index (χ4v) is 9.28. The predicted molar refractivity (Wildman–Crippen MR) is 241 cm³/mol. The lowest BCUT2D eigenvalue weighted by Gasteiger charge is -2.27. The van der Waals surface area contributed by atoms with E-state index in [1.54, 1.807) is 0 Å². The third-order valence-corrected chi connectivity index (χ3v) is 12.1. The van der Waals surface area contributed by atoms with Crippen LogP contribution < -0.4 is 26.0 Å². The number of rotatable bonds is 11. The lowest BCUT2D eigenvalue weighted by atomic mass is 10.0. The molecule has 0 saturated carbocycles. The summed E-state index contributed by atoms with van der Waals surface area (Å²) in [7, 11) is -1.16. The minimum atomic E-state index is -1.16. The van der Waals surface area contributed by atoms with Crippen LogP contribution in [0.4, 0.5) is 34.4 Å². The third-order valence-electron chi connectivity index (χ3n) is 9.82. The molecule has 2 heterocycles. The standard InChI is InChI=1S/C52H39N4P/c1-6-20-40(21-7-1)42-24-16-30-46(38-42)55(44-26-10-3-11-27-44)49-34-18-36-51(53-49)57(48-32-14-5-15-33-48)52-37-19-35-50(54-52)56(45-28-12-4-13-29-45)47-31-17-25-43(39-47)41-22-8-2-9-23-41/h1-39H. The second-order valence-electron chi connectivity index (χ2n) is 13.6. The fourth-order valence-electron chi connectivity index (χ4n) is 7.17. The number of para-hydroxylation sites is 2. The first-order chi connectivity index (χ1) is 28.3. The highest BCUT2D eigenvalue weighted by Gasteiger charge is 2.24. The summed E-state index contributed by atoms with van der Waals surface area (Å²) in [5, 5.41) is 1.18. The molecule has 272 valence electrons. The minimum absolute atomic E-state index is 0.840. The van der Waals surface area contributed by atoms with Crippen molar-refractivity contribution >= 4 is 58.5 Å². The van der Waals surface area contributed by atoms with E-state index in [-0.39, 0.29) is 0 Å². The first kappa shape index (κ1) is 35.6. The summed E-state index contributed by atoms with van der Waals surface area (Å²) in [6, 6.07) is 82.8. The van der Waals surface area contributed by atoms with Gasteiger partial charge < -0.3 is 0 Å². The van der Waals surface area contributed by atoms with Gasteiger partial charge in [0.05, 0.1) is 10.9 Å². The number of anilines is 6. The van der Waals surface area contributed by atoms with Crippen LogP contribution in [0.15, 0.2) is 237 Å². The zero-order valence-corrected chi connectivity index (χ0v) is 32.1. The molecule has 0 N–H and O–H groups in total. The van der Waals surface area contributed by atoms with E-state index in [0.717, 1.165) is 56.4 Å². The average Bonchev–Trinajstić information content (AvgIpc) is 3.29. The van der Waals surface area contributed by atoms with Crippen LogP contribution in [-0.2, 0) is 0 Å². The van der Waals surface area contributed by atoms with Crippen molar-refractivity contribution < 1.29 is 0 Å². The summed E-state index contributed by atoms with van der Waals surface area (Å²) in [6.07, 6.45) is 0. The molecule has 9 aromatic rings. The van der Waals surface area contributed by atoms with E-state index in [9.17, 15) is 0 Å². The lowest BCUT2D eigenvalue weighted by molar-refractivity contribution is 1.19. The summed E-state index contributed by atoms with van der Waals surface area (Å²) in [6.45, 7) is 0. The molecule has 7 aromatic carbocycles. The van der Waals surface area contributed by atoms with Crippen molar-refractivity contribution in [2.24, 2.45) is 0 Å². The monoisotopic (exact) mass is 750 g/mol. The van der Waals surface area contributed by atoms with Gasteiger partial charge in [0.1, 0.15) is 11.6 Å². The van der Waals surface area contributed by atoms with Crippen LogP contribution in [0.5, 0.6) is 0 Å². The van der Waals surface area contributed by atoms with Gasteiger partial charge in [-0.2, -0.15) is 0 Å². The van der Waals surface area contributed by atoms with Gasteiger partial charge in [-0.3, -0.25) is 9.80 Å². The maximum Gasteiger partial charge on any atom is 0.138 e. The maximum absolute atomic E-state index is 5.52. The summed E-state index contributed by atoms with van der Waals surface area (Å²) in [5.41, 5.74) is 10.7. The van der Waals surface area contributed by atoms with Crippen molar-refractivity contribution in [3.8, 4) is 22.3 Å². The van der Waals surface area contributed by atoms with Crippen molar-refractivity contribution in [2.45, 2.75) is 0 Å². The topological polar surface area (TPSA) is 32.3 Å². The van der Waals surface area contributed by atoms with Gasteiger partial charge in [0.25, 0.3) is 0 Å². The number of pyridine rings is 2. The van der Waals surface area contributed by atoms with Crippen molar-refractivity contribution in [3.05, 3.63) is 237 Å². The number of aromatic nitrogens is 2. The van der Waals surface area contributed by atoms with Gasteiger partial charge in [-0.1, -0.05) is 164 Å². The van der Waals surface area contributed by atoms with E-state index in [1.165, 1.54) is 16.4 Å². The van der Waals surface area contributed by atoms with E-state index in [0.29, 0.717) is 0 Å². The Balaban J connectivity index is 1.16. The Bertz CT molecular complexity index is 2520. The largest absolute Gasteiger partial charge is 0.295 e. The Labute approximate surface area is 335 Å². The molecule has 0 aliphatic heterocycles. The molecule has 4 nitrogen and oxygen atoms in total. The van der Waals surface area contributed by atoms with E-state index in [2.05, 4.69) is 246 Å². The molecule has 0 fully saturated rings. The second-order valence-corrected chi connectivity index (χ2v) is 15.7. The minimum Gasteiger partial charge on any atom is -0.295 e. The molecule has 5 heteroatoms. The Morgan fingerprint density at radius 2 is 0.614 bits per heavy atom. The Kier molecular flexibility index (Phi) is 10.4. The molecule has 9 rings (SSSR count). The van der Waals surface area contributed by atoms with E-state index in [4.69, 9.17) is 9.97 Å². The fraction of sp³-hybridized carbons (Fsp3) is 0. The molecule has 2 aromatic heterocycles. The molecule has 57 heavy (non-hydrogen) atoms. The second kappa shape index (κ2) is 16.7. The smallest absolute Gasteiger partial charge is 0.138 e. The zero-order valence-electron chi connectivity index (χ0n) is 31.3. The van der Waals surface area contributed by atoms with E-state index in [1.807, 2.05) is 0 Å². The molecule has 0 aliphatic rings. The third kappa shape index (κ3) is 7.86. The van der Waals surface area contributed by atoms with Crippen LogP contribution in [0.2, 0.25) is 0 Å². The van der Waals surface area contributed by atoms with Gasteiger partial charge in [0, 0.05) is 30.7 Å². The molecule has 0 atom stereocenters. The number of benzene rings is 7. The zero-order chi connectivity index (χ0) is 38.2. The van der Waals surface area contributed by atoms with Gasteiger partial charge >= 0.3 is 0 Å². The molecule has 0 aliphatic carbocycles. The normalized spacial score (nSPS) is 11.0. The number of hydrogen-bond acceptors (Lipinski definition) is 4. The predicted octanol–water partition coefficient (Wildman–Crippen LogP) is 12.5. The first-order valence-electron chi connectivity index (χ1n) is 19.1. The van der Waals surface area contributed by atoms with Gasteiger partial charge in [0.2, 0.25) is 0 Å². The van der Waals surface area contributed by atoms with Crippen molar-refractivity contribution in [3.63, 3.8) is 0 Å². The van der Waals surface area contributed by atoms with E-state index >= 15 is 0 Å². The molecule has 0 radical (unpaired) electrons. The molecular weight excluding hydrogens is 712 g/mol. The van der Waals surface area contributed by atoms with Gasteiger partial charge in [0.15, 0.2) is 0 Å². The van der Waals surface area contributed by atoms with Crippen LogP contribution in [0.1, 0.15) is 0 Å². The maximum atomic E-state index is 5.52. The van der Waals surface area contributed by atoms with Gasteiger partial charge in [-0.15, -0.1) is 0 Å². The number of nitrogens with zero attached hydrogens (tertiary/aromatic N) is 4. The molecule has 0 bridgehead atoms. The molecule has 0 saturated heterocycles. The molecular formula is C52H39N4P. The summed E-state index contributed by atoms with van der Waals surface area (Å²) in [4.78, 5) is 15.5. The highest BCUT2D eigenvalue weighted by molar-refractivity contribution is 7.79. The van der Waals surface area contributed by atoms with Crippen molar-refractivity contribution in [2.75, 3.05) is 9.80 Å². The van der Waals surface area contributed by atoms with Crippen LogP contribution in [0.3, 0.4) is 0 Å². The summed E-state index contributed by atoms with van der Waals surface area (Å²) in [5.74, 6) is 1.68. The summed E-state index contributed by atoms with van der Waals surface area (Å²) < 4.78 is 0. The Morgan fingerprint density at radius 1 is 0.281 bits per heavy atom. The van der Waals surface area contributed by atoms with Crippen LogP contribution >= 0.6 is 7.92 Å². The van der Waals surface area contributed by atoms with Crippen LogP contribution in [-0.4, -0.2) is 9.97 Å². The van der Waals surface area contributed by atoms with Crippen molar-refractivity contribution in [1.82, 2.24) is 9.97 Å². The quantitative estimate of drug-likeness (QED) is 0.123. The number of hydrogen-bond donors (Lipinski definition) is 0. The average molecular weight is 751 g/mol. The first-order valence-corrected chi connectivity index (χ1v) is 20.4. The molecule has 0 spiro atoms. The lowest BCUT2D eigenvalue weighted by Crippen LogP contribution is -2.27. The van der Waals surface area contributed by atoms with E-state index < -0.39 is 7.92 Å². The van der Waals surface area contributed by atoms with Crippen molar-refractivity contribution in [1.29, 1.82) is 0 Å². The van der Waals surface area contributed by atoms with Crippen LogP contribution in [0, 0.1) is 0 Å². The molecule has 0 unspecified atom stereocenters. The van der Waals surface area contributed by atoms with Gasteiger partial charge in [-0.05, 0) is 100 Å². The SMILES string of the molecule is c1ccc(-c2cccc(N(c3ccccc3)c3cccc(P(c4ccccc4)c4cccc(N(c5ccccc5)c5cccc(-c6ccccc6)c5)n4)n3)c2)cc1. The van der Waals surface area contributed by atoms with Crippen LogP contribution in [0.25, 0.3) is 22.3 Å².